The molecule has 12 heteroatoms. The fourth-order valence-electron chi connectivity index (χ4n) is 4.84. The molecule has 2 aromatic rings. The number of benzene rings is 2. The molecule has 0 bridgehead atoms. The SMILES string of the molecule is CC(C)(C)OC(=O)C[C@H](C(=O)OC(C)(C)C)c1cc(C(N)=O)cc2c1C(=O)Oc1ccc(C(=N)NC(=O)OC(C)(C)C)cc1CC=CC2. The first-order chi connectivity index (χ1) is 22.0. The normalized spacial score (nSPS) is 14.0. The summed E-state index contributed by atoms with van der Waals surface area (Å²) in [5.74, 6) is -4.57. The van der Waals surface area contributed by atoms with Gasteiger partial charge in [0.15, 0.2) is 0 Å². The van der Waals surface area contributed by atoms with Crippen molar-refractivity contribution in [1.82, 2.24) is 5.32 Å². The van der Waals surface area contributed by atoms with Crippen molar-refractivity contribution in [2.45, 2.75) is 104 Å². The van der Waals surface area contributed by atoms with Gasteiger partial charge in [-0.3, -0.25) is 25.1 Å². The number of alkyl carbamates (subject to hydrolysis) is 1. The van der Waals surface area contributed by atoms with E-state index in [1.807, 2.05) is 6.08 Å². The number of nitrogens with two attached hydrogens (primary N) is 1. The number of ether oxygens (including phenoxy) is 4. The summed E-state index contributed by atoms with van der Waals surface area (Å²) in [4.78, 5) is 65.5. The lowest BCUT2D eigenvalue weighted by atomic mass is 9.85. The highest BCUT2D eigenvalue weighted by atomic mass is 16.6. The molecule has 0 aliphatic carbocycles. The van der Waals surface area contributed by atoms with Crippen LogP contribution in [0.5, 0.6) is 5.75 Å². The van der Waals surface area contributed by atoms with Crippen molar-refractivity contribution in [1.29, 1.82) is 5.41 Å². The molecule has 1 atom stereocenters. The lowest BCUT2D eigenvalue weighted by Crippen LogP contribution is -2.36. The van der Waals surface area contributed by atoms with Crippen molar-refractivity contribution < 1.29 is 42.9 Å². The Labute approximate surface area is 280 Å². The molecule has 0 fully saturated rings. The van der Waals surface area contributed by atoms with Crippen molar-refractivity contribution in [2.24, 2.45) is 5.73 Å². The van der Waals surface area contributed by atoms with Crippen molar-refractivity contribution in [3.05, 3.63) is 75.9 Å². The van der Waals surface area contributed by atoms with Crippen LogP contribution in [0.2, 0.25) is 0 Å². The van der Waals surface area contributed by atoms with Crippen LogP contribution in [0.4, 0.5) is 4.79 Å². The van der Waals surface area contributed by atoms with Crippen molar-refractivity contribution in [2.75, 3.05) is 0 Å². The second-order valence-corrected chi connectivity index (χ2v) is 14.4. The van der Waals surface area contributed by atoms with Crippen molar-refractivity contribution in [3.63, 3.8) is 0 Å². The first-order valence-corrected chi connectivity index (χ1v) is 15.5. The Balaban J connectivity index is 2.13. The van der Waals surface area contributed by atoms with Crippen LogP contribution in [0.25, 0.3) is 0 Å². The van der Waals surface area contributed by atoms with Crippen molar-refractivity contribution >= 4 is 35.7 Å². The van der Waals surface area contributed by atoms with Gasteiger partial charge < -0.3 is 24.7 Å². The number of esters is 3. The predicted octanol–water partition coefficient (Wildman–Crippen LogP) is 5.67. The number of carbonyl (C=O) groups excluding carboxylic acids is 5. The Hall–Kier alpha value is -5.00. The molecule has 3 rings (SSSR count). The highest BCUT2D eigenvalue weighted by Gasteiger charge is 2.36. The van der Waals surface area contributed by atoms with Crippen LogP contribution in [-0.2, 0) is 36.6 Å². The fraction of sp³-hybridized carbons (Fsp3) is 0.444. The Kier molecular flexibility index (Phi) is 11.2. The van der Waals surface area contributed by atoms with E-state index in [1.54, 1.807) is 74.5 Å². The van der Waals surface area contributed by atoms with E-state index in [0.29, 0.717) is 23.1 Å². The van der Waals surface area contributed by atoms with Gasteiger partial charge in [0.2, 0.25) is 5.91 Å². The third-order valence-corrected chi connectivity index (χ3v) is 6.62. The smallest absolute Gasteiger partial charge is 0.413 e. The molecular weight excluding hydrogens is 618 g/mol. The van der Waals surface area contributed by atoms with E-state index in [0.717, 1.165) is 0 Å². The summed E-state index contributed by atoms with van der Waals surface area (Å²) in [6.45, 7) is 15.2. The second-order valence-electron chi connectivity index (χ2n) is 14.4. The fourth-order valence-corrected chi connectivity index (χ4v) is 4.84. The highest BCUT2D eigenvalue weighted by molar-refractivity contribution is 6.05. The Morgan fingerprint density at radius 3 is 1.96 bits per heavy atom. The lowest BCUT2D eigenvalue weighted by molar-refractivity contribution is -0.164. The number of fused-ring (bicyclic) bond motifs is 2. The second kappa shape index (κ2) is 14.4. The number of hydrogen-bond acceptors (Lipinski definition) is 10. The van der Waals surface area contributed by atoms with Gasteiger partial charge in [-0.05, 0) is 122 Å². The van der Waals surface area contributed by atoms with Gasteiger partial charge in [0.05, 0.1) is 17.9 Å². The van der Waals surface area contributed by atoms with Gasteiger partial charge in [-0.2, -0.15) is 0 Å². The quantitative estimate of drug-likeness (QED) is 0.0875. The number of carbonyl (C=O) groups is 5. The van der Waals surface area contributed by atoms with E-state index in [1.165, 1.54) is 24.3 Å². The Morgan fingerprint density at radius 2 is 1.40 bits per heavy atom. The lowest BCUT2D eigenvalue weighted by Gasteiger charge is -2.27. The maximum atomic E-state index is 14.1. The average Bonchev–Trinajstić information content (AvgIpc) is 2.90. The zero-order valence-corrected chi connectivity index (χ0v) is 29.0. The predicted molar refractivity (Wildman–Crippen MR) is 178 cm³/mol. The number of allylic oxidation sites excluding steroid dienone is 2. The largest absolute Gasteiger partial charge is 0.460 e. The molecule has 0 radical (unpaired) electrons. The molecule has 1 aliphatic heterocycles. The molecule has 0 unspecified atom stereocenters. The molecule has 2 amide bonds. The van der Waals surface area contributed by atoms with Crippen LogP contribution in [0.3, 0.4) is 0 Å². The summed E-state index contributed by atoms with van der Waals surface area (Å²) in [7, 11) is 0. The van der Waals surface area contributed by atoms with Crippen LogP contribution in [0.15, 0.2) is 42.5 Å². The molecule has 2 aromatic carbocycles. The van der Waals surface area contributed by atoms with Crippen LogP contribution < -0.4 is 15.8 Å². The molecule has 0 aromatic heterocycles. The van der Waals surface area contributed by atoms with Gasteiger partial charge in [0, 0.05) is 11.1 Å². The first kappa shape index (κ1) is 37.5. The third kappa shape index (κ3) is 10.8. The third-order valence-electron chi connectivity index (χ3n) is 6.62. The number of hydrogen-bond donors (Lipinski definition) is 3. The standard InChI is InChI=1S/C36H45N3O9/c1-34(2,3)46-27(40)19-25(31(42)47-35(4,5)6)24-18-23(30(38)41)17-21-13-11-10-12-20-16-22(14-15-26(20)45-32(43)28(21)24)29(37)39-33(44)48-36(7,8)9/h10-11,14-18,25H,12-13,19H2,1-9H3,(H2,38,41)(H2,37,39,44)/t25-/m0/s1. The molecule has 0 spiro atoms. The van der Waals surface area contributed by atoms with E-state index < -0.39 is 59.1 Å². The number of amides is 2. The molecule has 48 heavy (non-hydrogen) atoms. The summed E-state index contributed by atoms with van der Waals surface area (Å²) >= 11 is 0. The van der Waals surface area contributed by atoms with Crippen LogP contribution in [0, 0.1) is 5.41 Å². The van der Waals surface area contributed by atoms with Gasteiger partial charge in [0.25, 0.3) is 0 Å². The molecule has 1 aliphatic rings. The van der Waals surface area contributed by atoms with Crippen LogP contribution in [0.1, 0.15) is 118 Å². The zero-order valence-electron chi connectivity index (χ0n) is 29.0. The van der Waals surface area contributed by atoms with Gasteiger partial charge in [-0.1, -0.05) is 12.2 Å². The van der Waals surface area contributed by atoms with Gasteiger partial charge in [-0.15, -0.1) is 0 Å². The minimum atomic E-state index is -1.35. The molecule has 1 heterocycles. The number of primary amides is 1. The van der Waals surface area contributed by atoms with E-state index in [4.69, 9.17) is 30.1 Å². The van der Waals surface area contributed by atoms with Crippen LogP contribution >= 0.6 is 0 Å². The summed E-state index contributed by atoms with van der Waals surface area (Å²) < 4.78 is 22.3. The highest BCUT2D eigenvalue weighted by Crippen LogP contribution is 2.34. The summed E-state index contributed by atoms with van der Waals surface area (Å²) in [5, 5.41) is 10.8. The minimum absolute atomic E-state index is 0.0275. The number of nitrogens with one attached hydrogen (secondary N) is 2. The van der Waals surface area contributed by atoms with Gasteiger partial charge in [0.1, 0.15) is 28.4 Å². The maximum Gasteiger partial charge on any atom is 0.413 e. The summed E-state index contributed by atoms with van der Waals surface area (Å²) in [6.07, 6.45) is 2.77. The number of amidine groups is 1. The van der Waals surface area contributed by atoms with Gasteiger partial charge >= 0.3 is 24.0 Å². The van der Waals surface area contributed by atoms with E-state index >= 15 is 0 Å². The molecule has 0 saturated heterocycles. The first-order valence-electron chi connectivity index (χ1n) is 15.5. The Bertz CT molecular complexity index is 1650. The summed E-state index contributed by atoms with van der Waals surface area (Å²) in [5.41, 5.74) is 4.36. The average molecular weight is 664 g/mol. The minimum Gasteiger partial charge on any atom is -0.460 e. The van der Waals surface area contributed by atoms with Gasteiger partial charge in [-0.25, -0.2) is 9.59 Å². The van der Waals surface area contributed by atoms with Crippen molar-refractivity contribution in [3.8, 4) is 5.75 Å². The van der Waals surface area contributed by atoms with E-state index in [2.05, 4.69) is 5.32 Å². The molecule has 258 valence electrons. The number of rotatable bonds is 6. The van der Waals surface area contributed by atoms with E-state index in [-0.39, 0.29) is 34.7 Å². The molecule has 4 N–H and O–H groups in total. The Morgan fingerprint density at radius 1 is 0.833 bits per heavy atom. The molecule has 12 nitrogen and oxygen atoms in total. The zero-order chi connectivity index (χ0) is 36.2. The monoisotopic (exact) mass is 663 g/mol. The van der Waals surface area contributed by atoms with E-state index in [9.17, 15) is 24.0 Å². The van der Waals surface area contributed by atoms with Crippen LogP contribution in [-0.4, -0.2) is 52.5 Å². The molecule has 0 saturated carbocycles. The molecular formula is C36H45N3O9. The maximum absolute atomic E-state index is 14.1. The summed E-state index contributed by atoms with van der Waals surface area (Å²) in [6, 6.07) is 7.38. The topological polar surface area (TPSA) is 184 Å².